The molecule has 0 amide bonds. The molecule has 0 radical (unpaired) electrons. The van der Waals surface area contributed by atoms with Gasteiger partial charge in [-0.15, -0.1) is 0 Å². The SMILES string of the molecule is [SH][Cu]([SH])([SH])([SH])([SH])([SH])[c]1ccccc1. The van der Waals surface area contributed by atoms with Crippen molar-refractivity contribution in [1.82, 2.24) is 0 Å². The minimum absolute atomic E-state index is 0.651. The predicted molar refractivity (Wildman–Crippen MR) is 80.0 cm³/mol. The number of hydrogen-bond donors (Lipinski definition) is 6. The molecule has 0 atom stereocenters. The van der Waals surface area contributed by atoms with E-state index >= 15 is 0 Å². The molecular formula is C6H11CuS6. The van der Waals surface area contributed by atoms with Crippen LogP contribution in [0, 0.1) is 0 Å². The third-order valence-corrected chi connectivity index (χ3v) is 6.80. The number of hydrogen-bond acceptors (Lipinski definition) is 6. The van der Waals surface area contributed by atoms with Crippen LogP contribution in [-0.4, -0.2) is 0 Å². The molecule has 0 aliphatic rings. The Morgan fingerprint density at radius 3 is 1.31 bits per heavy atom. The predicted octanol–water partition coefficient (Wildman–Crippen LogP) is 3.14. The molecule has 0 unspecified atom stereocenters. The van der Waals surface area contributed by atoms with Gasteiger partial charge < -0.3 is 0 Å². The summed E-state index contributed by atoms with van der Waals surface area (Å²) < 4.78 is -3.69. The van der Waals surface area contributed by atoms with Crippen molar-refractivity contribution in [3.05, 3.63) is 30.3 Å². The first-order valence-corrected chi connectivity index (χ1v) is 12.5. The number of benzene rings is 1. The molecule has 1 aromatic carbocycles. The van der Waals surface area contributed by atoms with E-state index in [1.165, 1.54) is 0 Å². The van der Waals surface area contributed by atoms with Crippen LogP contribution in [0.1, 0.15) is 0 Å². The van der Waals surface area contributed by atoms with Crippen molar-refractivity contribution >= 4 is 70.7 Å². The normalized spacial score (nSPS) is 20.9. The molecule has 0 nitrogen and oxygen atoms in total. The Morgan fingerprint density at radius 2 is 1.08 bits per heavy atom. The monoisotopic (exact) mass is 338 g/mol. The molecular weight excluding hydrogens is 328 g/mol. The van der Waals surface area contributed by atoms with E-state index in [1.54, 1.807) is 12.1 Å². The van der Waals surface area contributed by atoms with E-state index in [9.17, 15) is 0 Å². The van der Waals surface area contributed by atoms with Crippen LogP contribution in [0.3, 0.4) is 0 Å². The fourth-order valence-electron chi connectivity index (χ4n) is 0.670. The van der Waals surface area contributed by atoms with Crippen LogP contribution in [0.25, 0.3) is 0 Å². The minimum atomic E-state index is -4.34. The first-order valence-electron chi connectivity index (χ1n) is 2.87. The molecule has 0 spiro atoms. The second kappa shape index (κ2) is 2.40. The van der Waals surface area contributed by atoms with Gasteiger partial charge in [0.1, 0.15) is 0 Å². The van der Waals surface area contributed by atoms with Crippen LogP contribution in [0.5, 0.6) is 0 Å². The summed E-state index contributed by atoms with van der Waals surface area (Å²) in [5.41, 5.74) is 0. The van der Waals surface area contributed by atoms with Gasteiger partial charge in [-0.2, -0.15) is 0 Å². The van der Waals surface area contributed by atoms with Crippen molar-refractivity contribution in [2.45, 2.75) is 0 Å². The molecule has 1 rings (SSSR count). The van der Waals surface area contributed by atoms with Gasteiger partial charge >= 0.3 is 104 Å². The van der Waals surface area contributed by atoms with Crippen molar-refractivity contribution in [2.24, 2.45) is 0 Å². The van der Waals surface area contributed by atoms with Crippen LogP contribution >= 0.6 is 66.3 Å². The molecule has 0 fully saturated rings. The number of rotatable bonds is 1. The third kappa shape index (κ3) is 4.07. The molecule has 0 saturated heterocycles. The van der Waals surface area contributed by atoms with Gasteiger partial charge in [0, 0.05) is 0 Å². The summed E-state index contributed by atoms with van der Waals surface area (Å²) in [7, 11) is 0. The molecule has 0 aromatic heterocycles. The Balaban J connectivity index is 3.60. The van der Waals surface area contributed by atoms with Gasteiger partial charge in [0.25, 0.3) is 0 Å². The Bertz CT molecular complexity index is 337. The fraction of sp³-hybridized carbons (Fsp3) is 0. The van der Waals surface area contributed by atoms with Crippen LogP contribution in [-0.2, 0) is 2.95 Å². The fourth-order valence-corrected chi connectivity index (χ4v) is 3.92. The summed E-state index contributed by atoms with van der Waals surface area (Å²) in [6.45, 7) is 0. The van der Waals surface area contributed by atoms with Crippen molar-refractivity contribution < 1.29 is 2.95 Å². The molecule has 13 heavy (non-hydrogen) atoms. The van der Waals surface area contributed by atoms with E-state index in [0.29, 0.717) is 4.46 Å². The zero-order chi connectivity index (χ0) is 10.5. The Labute approximate surface area is 103 Å². The molecule has 0 N–H and O–H groups in total. The molecule has 0 bridgehead atoms. The topological polar surface area (TPSA) is 0 Å². The van der Waals surface area contributed by atoms with E-state index in [1.807, 2.05) is 18.2 Å². The molecule has 7 heteroatoms. The van der Waals surface area contributed by atoms with E-state index < -0.39 is 2.95 Å². The standard InChI is InChI=1S/C6H5.Cu.6H2S/c1-2-4-6-5-3-1;;;;;;;/h1-5H;;6*1H2/q;+6;;;;;;/p-6. The van der Waals surface area contributed by atoms with Gasteiger partial charge in [0.2, 0.25) is 0 Å². The van der Waals surface area contributed by atoms with Crippen LogP contribution in [0.4, 0.5) is 0 Å². The molecule has 1 aromatic rings. The first kappa shape index (κ1) is 12.9. The van der Waals surface area contributed by atoms with Crippen molar-refractivity contribution in [3.8, 4) is 0 Å². The molecule has 0 aliphatic carbocycles. The zero-order valence-corrected chi connectivity index (χ0v) is 12.7. The maximum absolute atomic E-state index is 4.35. The van der Waals surface area contributed by atoms with E-state index in [2.05, 4.69) is 66.3 Å². The van der Waals surface area contributed by atoms with Gasteiger partial charge in [-0.3, -0.25) is 0 Å². The second-order valence-electron chi connectivity index (χ2n) is 2.56. The second-order valence-corrected chi connectivity index (χ2v) is 40.4. The zero-order valence-electron chi connectivity index (χ0n) is 6.37. The summed E-state index contributed by atoms with van der Waals surface area (Å²) in [6, 6.07) is 9.12. The average molecular weight is 339 g/mol. The van der Waals surface area contributed by atoms with Crippen molar-refractivity contribution in [1.29, 1.82) is 0 Å². The van der Waals surface area contributed by atoms with E-state index in [-0.39, 0.29) is 0 Å². The Kier molecular flexibility index (Phi) is 2.38. The summed E-state index contributed by atoms with van der Waals surface area (Å²) >= 11 is 26.1. The maximum atomic E-state index is 4.35. The van der Waals surface area contributed by atoms with Gasteiger partial charge in [-0.25, -0.2) is 0 Å². The Morgan fingerprint density at radius 1 is 0.692 bits per heavy atom. The van der Waals surface area contributed by atoms with Gasteiger partial charge in [-0.05, 0) is 0 Å². The van der Waals surface area contributed by atoms with Crippen LogP contribution < -0.4 is 4.46 Å². The van der Waals surface area contributed by atoms with E-state index in [4.69, 9.17) is 0 Å². The summed E-state index contributed by atoms with van der Waals surface area (Å²) in [6.07, 6.45) is 0. The van der Waals surface area contributed by atoms with Crippen molar-refractivity contribution in [2.75, 3.05) is 0 Å². The molecule has 0 saturated carbocycles. The van der Waals surface area contributed by atoms with Crippen LogP contribution in [0.2, 0.25) is 0 Å². The Hall–Kier alpha value is 1.84. The third-order valence-electron chi connectivity index (χ3n) is 1.17. The molecule has 0 aliphatic heterocycles. The summed E-state index contributed by atoms with van der Waals surface area (Å²) in [5, 5.41) is 0. The van der Waals surface area contributed by atoms with E-state index in [0.717, 1.165) is 0 Å². The summed E-state index contributed by atoms with van der Waals surface area (Å²) in [4.78, 5) is 0. The number of thiol groups is 6. The molecule has 0 heterocycles. The van der Waals surface area contributed by atoms with Crippen molar-refractivity contribution in [3.63, 3.8) is 0 Å². The van der Waals surface area contributed by atoms with Gasteiger partial charge in [0.05, 0.1) is 0 Å². The first-order chi connectivity index (χ1) is 5.30. The average Bonchev–Trinajstić information content (AvgIpc) is 1.84. The van der Waals surface area contributed by atoms with Gasteiger partial charge in [0.15, 0.2) is 0 Å². The quantitative estimate of drug-likeness (QED) is 0.329. The van der Waals surface area contributed by atoms with Gasteiger partial charge in [-0.1, -0.05) is 0 Å². The summed E-state index contributed by atoms with van der Waals surface area (Å²) in [5.74, 6) is 0. The van der Waals surface area contributed by atoms with Crippen LogP contribution in [0.15, 0.2) is 30.3 Å². The molecule has 82 valence electrons.